The van der Waals surface area contributed by atoms with Gasteiger partial charge >= 0.3 is 5.97 Å². The van der Waals surface area contributed by atoms with E-state index in [-0.39, 0.29) is 5.41 Å². The number of likely N-dealkylation sites (tertiary alicyclic amines) is 2. The Labute approximate surface area is 128 Å². The summed E-state index contributed by atoms with van der Waals surface area (Å²) in [5, 5.41) is 9.22. The lowest BCUT2D eigenvalue weighted by molar-refractivity contribution is -0.142. The molecule has 21 heavy (non-hydrogen) atoms. The number of carboxylic acid groups (broad SMARTS) is 1. The van der Waals surface area contributed by atoms with Crippen LogP contribution >= 0.6 is 0 Å². The van der Waals surface area contributed by atoms with Crippen LogP contribution < -0.4 is 5.73 Å². The first kappa shape index (κ1) is 16.7. The molecule has 5 nitrogen and oxygen atoms in total. The Balaban J connectivity index is 1.84. The number of nitrogens with zero attached hydrogens (tertiary/aromatic N) is 2. The molecule has 5 heteroatoms. The van der Waals surface area contributed by atoms with Crippen molar-refractivity contribution in [3.8, 4) is 0 Å². The summed E-state index contributed by atoms with van der Waals surface area (Å²) in [5.74, 6) is -0.865. The molecular weight excluding hydrogens is 266 g/mol. The topological polar surface area (TPSA) is 69.8 Å². The fourth-order valence-corrected chi connectivity index (χ4v) is 3.78. The maximum atomic E-state index is 11.2. The van der Waals surface area contributed by atoms with Crippen molar-refractivity contribution >= 4 is 5.97 Å². The Hall–Kier alpha value is -0.650. The molecule has 2 rings (SSSR count). The first-order valence-corrected chi connectivity index (χ1v) is 8.28. The molecule has 0 aromatic carbocycles. The normalized spacial score (nSPS) is 29.5. The number of nitrogens with two attached hydrogens (primary N) is 1. The number of rotatable bonds is 5. The first-order valence-electron chi connectivity index (χ1n) is 8.28. The van der Waals surface area contributed by atoms with E-state index in [1.54, 1.807) is 0 Å². The van der Waals surface area contributed by atoms with Gasteiger partial charge in [0.05, 0.1) is 0 Å². The Morgan fingerprint density at radius 3 is 2.19 bits per heavy atom. The van der Waals surface area contributed by atoms with Gasteiger partial charge in [-0.3, -0.25) is 4.79 Å². The lowest BCUT2D eigenvalue weighted by Gasteiger charge is -2.35. The van der Waals surface area contributed by atoms with Crippen LogP contribution in [0.3, 0.4) is 0 Å². The van der Waals surface area contributed by atoms with E-state index in [0.717, 1.165) is 19.6 Å². The SMILES string of the molecule is CC(C)(CN1CCCCCC1)CN1CCC(N)(C(=O)O)C1. The minimum atomic E-state index is -1.04. The molecule has 122 valence electrons. The molecule has 2 aliphatic rings. The number of aliphatic carboxylic acids is 1. The van der Waals surface area contributed by atoms with Crippen molar-refractivity contribution in [2.75, 3.05) is 39.3 Å². The molecule has 2 fully saturated rings. The van der Waals surface area contributed by atoms with Gasteiger partial charge in [-0.15, -0.1) is 0 Å². The van der Waals surface area contributed by atoms with Gasteiger partial charge in [-0.2, -0.15) is 0 Å². The maximum absolute atomic E-state index is 11.2. The smallest absolute Gasteiger partial charge is 0.325 e. The zero-order valence-electron chi connectivity index (χ0n) is 13.6. The van der Waals surface area contributed by atoms with Crippen LogP contribution in [0.25, 0.3) is 0 Å². The van der Waals surface area contributed by atoms with Gasteiger partial charge in [0.2, 0.25) is 0 Å². The minimum Gasteiger partial charge on any atom is -0.480 e. The highest BCUT2D eigenvalue weighted by molar-refractivity contribution is 5.79. The summed E-state index contributed by atoms with van der Waals surface area (Å²) < 4.78 is 0. The van der Waals surface area contributed by atoms with Crippen LogP contribution in [0.1, 0.15) is 46.0 Å². The van der Waals surface area contributed by atoms with E-state index in [1.807, 2.05) is 0 Å². The van der Waals surface area contributed by atoms with Crippen LogP contribution in [0.5, 0.6) is 0 Å². The van der Waals surface area contributed by atoms with Crippen LogP contribution in [0.4, 0.5) is 0 Å². The van der Waals surface area contributed by atoms with Crippen molar-refractivity contribution in [1.82, 2.24) is 9.80 Å². The fourth-order valence-electron chi connectivity index (χ4n) is 3.78. The van der Waals surface area contributed by atoms with E-state index >= 15 is 0 Å². The quantitative estimate of drug-likeness (QED) is 0.802. The summed E-state index contributed by atoms with van der Waals surface area (Å²) in [4.78, 5) is 16.0. The standard InChI is InChI=1S/C16H31N3O2/c1-15(2,11-18-8-5-3-4-6-9-18)12-19-10-7-16(17,13-19)14(20)21/h3-13,17H2,1-2H3,(H,20,21). The molecule has 0 radical (unpaired) electrons. The minimum absolute atomic E-state index is 0.175. The predicted molar refractivity (Wildman–Crippen MR) is 84.3 cm³/mol. The van der Waals surface area contributed by atoms with Gasteiger partial charge in [0.25, 0.3) is 0 Å². The molecule has 3 N–H and O–H groups in total. The Bertz CT molecular complexity index is 365. The van der Waals surface area contributed by atoms with E-state index in [9.17, 15) is 9.90 Å². The Kier molecular flexibility index (Phi) is 5.28. The summed E-state index contributed by atoms with van der Waals surface area (Å²) in [6, 6.07) is 0. The monoisotopic (exact) mass is 297 g/mol. The molecule has 0 saturated carbocycles. The number of hydrogen-bond acceptors (Lipinski definition) is 4. The zero-order chi connectivity index (χ0) is 15.5. The molecule has 0 spiro atoms. The van der Waals surface area contributed by atoms with Gasteiger partial charge in [-0.05, 0) is 37.8 Å². The third-order valence-electron chi connectivity index (χ3n) is 4.81. The molecule has 1 atom stereocenters. The van der Waals surface area contributed by atoms with Gasteiger partial charge in [0, 0.05) is 26.2 Å². The molecule has 0 aromatic rings. The van der Waals surface area contributed by atoms with Crippen molar-refractivity contribution in [2.24, 2.45) is 11.1 Å². The zero-order valence-corrected chi connectivity index (χ0v) is 13.6. The van der Waals surface area contributed by atoms with Gasteiger partial charge in [-0.1, -0.05) is 26.7 Å². The average molecular weight is 297 g/mol. The second-order valence-corrected chi connectivity index (χ2v) is 7.78. The van der Waals surface area contributed by atoms with E-state index in [0.29, 0.717) is 13.0 Å². The van der Waals surface area contributed by atoms with Gasteiger partial charge in [0.15, 0.2) is 0 Å². The Morgan fingerprint density at radius 2 is 1.67 bits per heavy atom. The van der Waals surface area contributed by atoms with E-state index < -0.39 is 11.5 Å². The second kappa shape index (κ2) is 6.63. The molecule has 0 aromatic heterocycles. The van der Waals surface area contributed by atoms with Crippen LogP contribution in [0, 0.1) is 5.41 Å². The molecule has 0 amide bonds. The van der Waals surface area contributed by atoms with E-state index in [1.165, 1.54) is 38.8 Å². The van der Waals surface area contributed by atoms with Crippen LogP contribution in [0.2, 0.25) is 0 Å². The lowest BCUT2D eigenvalue weighted by Crippen LogP contribution is -2.51. The van der Waals surface area contributed by atoms with Crippen molar-refractivity contribution in [1.29, 1.82) is 0 Å². The molecule has 2 heterocycles. The maximum Gasteiger partial charge on any atom is 0.325 e. The summed E-state index contributed by atoms with van der Waals surface area (Å²) in [5.41, 5.74) is 5.10. The number of carboxylic acids is 1. The average Bonchev–Trinajstić information content (AvgIpc) is 2.60. The van der Waals surface area contributed by atoms with Crippen molar-refractivity contribution < 1.29 is 9.90 Å². The second-order valence-electron chi connectivity index (χ2n) is 7.78. The molecular formula is C16H31N3O2. The molecule has 0 bridgehead atoms. The highest BCUT2D eigenvalue weighted by Crippen LogP contribution is 2.26. The fraction of sp³-hybridized carbons (Fsp3) is 0.938. The molecule has 2 aliphatic heterocycles. The third kappa shape index (κ3) is 4.66. The van der Waals surface area contributed by atoms with Crippen LogP contribution in [0.15, 0.2) is 0 Å². The highest BCUT2D eigenvalue weighted by atomic mass is 16.4. The van der Waals surface area contributed by atoms with Gasteiger partial charge < -0.3 is 20.6 Å². The largest absolute Gasteiger partial charge is 0.480 e. The lowest BCUT2D eigenvalue weighted by atomic mass is 9.91. The number of hydrogen-bond donors (Lipinski definition) is 2. The highest BCUT2D eigenvalue weighted by Gasteiger charge is 2.42. The van der Waals surface area contributed by atoms with E-state index in [4.69, 9.17) is 5.73 Å². The van der Waals surface area contributed by atoms with Crippen LogP contribution in [-0.4, -0.2) is 65.7 Å². The van der Waals surface area contributed by atoms with Crippen molar-refractivity contribution in [2.45, 2.75) is 51.5 Å². The summed E-state index contributed by atoms with van der Waals surface area (Å²) in [6.45, 7) is 10.3. The number of carbonyl (C=O) groups is 1. The van der Waals surface area contributed by atoms with Gasteiger partial charge in [-0.25, -0.2) is 0 Å². The van der Waals surface area contributed by atoms with Crippen molar-refractivity contribution in [3.63, 3.8) is 0 Å². The molecule has 2 saturated heterocycles. The first-order chi connectivity index (χ1) is 9.81. The van der Waals surface area contributed by atoms with Gasteiger partial charge in [0.1, 0.15) is 5.54 Å². The predicted octanol–water partition coefficient (Wildman–Crippen LogP) is 1.38. The third-order valence-corrected chi connectivity index (χ3v) is 4.81. The summed E-state index contributed by atoms with van der Waals surface area (Å²) in [7, 11) is 0. The van der Waals surface area contributed by atoms with E-state index in [2.05, 4.69) is 23.6 Å². The summed E-state index contributed by atoms with van der Waals surface area (Å²) in [6.07, 6.45) is 5.90. The summed E-state index contributed by atoms with van der Waals surface area (Å²) >= 11 is 0. The molecule has 1 unspecified atom stereocenters. The molecule has 0 aliphatic carbocycles. The Morgan fingerprint density at radius 1 is 1.10 bits per heavy atom. The van der Waals surface area contributed by atoms with Crippen LogP contribution in [-0.2, 0) is 4.79 Å². The van der Waals surface area contributed by atoms with Crippen molar-refractivity contribution in [3.05, 3.63) is 0 Å².